The van der Waals surface area contributed by atoms with Gasteiger partial charge in [0.2, 0.25) is 11.7 Å². The Labute approximate surface area is 113 Å². The molecule has 108 valence electrons. The minimum absolute atomic E-state index is 0.185. The summed E-state index contributed by atoms with van der Waals surface area (Å²) in [6, 6.07) is 0.386. The molecule has 1 aliphatic rings. The average molecular weight is 269 g/mol. The predicted octanol–water partition coefficient (Wildman–Crippen LogP) is 1.48. The first-order chi connectivity index (χ1) is 9.33. The Morgan fingerprint density at radius 2 is 2.26 bits per heavy atom. The third kappa shape index (κ3) is 4.26. The average Bonchev–Trinajstić information content (AvgIpc) is 2.93. The molecule has 1 N–H and O–H groups in total. The largest absolute Gasteiger partial charge is 0.376 e. The fourth-order valence-corrected chi connectivity index (χ4v) is 2.04. The van der Waals surface area contributed by atoms with Crippen LogP contribution in [0.4, 0.5) is 0 Å². The van der Waals surface area contributed by atoms with Crippen LogP contribution in [-0.4, -0.2) is 42.5 Å². The van der Waals surface area contributed by atoms with Gasteiger partial charge in [0.15, 0.2) is 0 Å². The molecule has 1 aromatic rings. The maximum Gasteiger partial charge on any atom is 0.228 e. The highest BCUT2D eigenvalue weighted by Gasteiger charge is 2.23. The van der Waals surface area contributed by atoms with Gasteiger partial charge in [-0.15, -0.1) is 0 Å². The van der Waals surface area contributed by atoms with Crippen molar-refractivity contribution in [1.29, 1.82) is 0 Å². The number of hydrogen-bond donors (Lipinski definition) is 1. The summed E-state index contributed by atoms with van der Waals surface area (Å²) in [5.74, 6) is 1.26. The zero-order valence-corrected chi connectivity index (χ0v) is 11.7. The third-order valence-electron chi connectivity index (χ3n) is 3.18. The topological polar surface area (TPSA) is 69.4 Å². The van der Waals surface area contributed by atoms with Crippen LogP contribution in [0, 0.1) is 0 Å². The molecule has 1 saturated heterocycles. The Bertz CT molecular complexity index is 364. The molecule has 0 amide bonds. The Kier molecular flexibility index (Phi) is 5.75. The smallest absolute Gasteiger partial charge is 0.228 e. The van der Waals surface area contributed by atoms with E-state index in [4.69, 9.17) is 14.0 Å². The van der Waals surface area contributed by atoms with E-state index in [1.807, 2.05) is 0 Å². The first kappa shape index (κ1) is 14.4. The van der Waals surface area contributed by atoms with Gasteiger partial charge in [-0.25, -0.2) is 0 Å². The van der Waals surface area contributed by atoms with Gasteiger partial charge in [0.05, 0.1) is 19.8 Å². The molecule has 6 nitrogen and oxygen atoms in total. The van der Waals surface area contributed by atoms with Crippen molar-refractivity contribution in [2.45, 2.75) is 45.3 Å². The molecule has 1 fully saturated rings. The monoisotopic (exact) mass is 269 g/mol. The van der Waals surface area contributed by atoms with Gasteiger partial charge in [0.25, 0.3) is 0 Å². The van der Waals surface area contributed by atoms with Gasteiger partial charge in [-0.2, -0.15) is 4.98 Å². The lowest BCUT2D eigenvalue weighted by Gasteiger charge is -2.19. The van der Waals surface area contributed by atoms with Crippen LogP contribution in [0.25, 0.3) is 0 Å². The lowest BCUT2D eigenvalue weighted by molar-refractivity contribution is -0.0941. The molecule has 2 heterocycles. The van der Waals surface area contributed by atoms with Crippen molar-refractivity contribution in [2.24, 2.45) is 0 Å². The summed E-state index contributed by atoms with van der Waals surface area (Å²) in [4.78, 5) is 4.41. The predicted molar refractivity (Wildman–Crippen MR) is 69.9 cm³/mol. The highest BCUT2D eigenvalue weighted by Crippen LogP contribution is 2.18. The van der Waals surface area contributed by atoms with Crippen LogP contribution in [0.1, 0.15) is 44.5 Å². The van der Waals surface area contributed by atoms with E-state index in [1.54, 1.807) is 0 Å². The summed E-state index contributed by atoms with van der Waals surface area (Å²) in [6.07, 6.45) is 2.74. The SMILES string of the molecule is CCCNC(CC)Cc1nc(C2COCCO2)no1. The summed E-state index contributed by atoms with van der Waals surface area (Å²) in [7, 11) is 0. The molecule has 2 atom stereocenters. The lowest BCUT2D eigenvalue weighted by atomic mass is 10.1. The second-order valence-electron chi connectivity index (χ2n) is 4.74. The van der Waals surface area contributed by atoms with Crippen molar-refractivity contribution in [3.8, 4) is 0 Å². The molecule has 1 aromatic heterocycles. The number of nitrogens with zero attached hydrogens (tertiary/aromatic N) is 2. The minimum Gasteiger partial charge on any atom is -0.376 e. The Balaban J connectivity index is 1.88. The quantitative estimate of drug-likeness (QED) is 0.808. The van der Waals surface area contributed by atoms with Crippen LogP contribution in [0.15, 0.2) is 4.52 Å². The van der Waals surface area contributed by atoms with E-state index in [0.29, 0.717) is 37.6 Å². The third-order valence-corrected chi connectivity index (χ3v) is 3.18. The molecule has 0 aliphatic carbocycles. The van der Waals surface area contributed by atoms with E-state index in [0.717, 1.165) is 25.8 Å². The Hall–Kier alpha value is -0.980. The van der Waals surface area contributed by atoms with Crippen molar-refractivity contribution in [3.63, 3.8) is 0 Å². The van der Waals surface area contributed by atoms with Crippen LogP contribution < -0.4 is 5.32 Å². The molecule has 0 spiro atoms. The van der Waals surface area contributed by atoms with Crippen molar-refractivity contribution < 1.29 is 14.0 Å². The minimum atomic E-state index is -0.185. The van der Waals surface area contributed by atoms with Gasteiger partial charge in [0.1, 0.15) is 6.10 Å². The molecule has 2 unspecified atom stereocenters. The molecule has 0 radical (unpaired) electrons. The Morgan fingerprint density at radius 1 is 1.37 bits per heavy atom. The van der Waals surface area contributed by atoms with Crippen molar-refractivity contribution >= 4 is 0 Å². The number of ether oxygens (including phenoxy) is 2. The molecular formula is C13H23N3O3. The number of aromatic nitrogens is 2. The van der Waals surface area contributed by atoms with E-state index in [2.05, 4.69) is 29.3 Å². The molecule has 0 bridgehead atoms. The van der Waals surface area contributed by atoms with E-state index in [-0.39, 0.29) is 6.10 Å². The fraction of sp³-hybridized carbons (Fsp3) is 0.846. The van der Waals surface area contributed by atoms with Crippen LogP contribution in [0.2, 0.25) is 0 Å². The second kappa shape index (κ2) is 7.57. The number of hydrogen-bond acceptors (Lipinski definition) is 6. The van der Waals surface area contributed by atoms with Crippen molar-refractivity contribution in [1.82, 2.24) is 15.5 Å². The van der Waals surface area contributed by atoms with Gasteiger partial charge in [-0.05, 0) is 19.4 Å². The van der Waals surface area contributed by atoms with Crippen LogP contribution in [-0.2, 0) is 15.9 Å². The summed E-state index contributed by atoms with van der Waals surface area (Å²) < 4.78 is 16.2. The zero-order valence-electron chi connectivity index (χ0n) is 11.7. The number of nitrogens with one attached hydrogen (secondary N) is 1. The van der Waals surface area contributed by atoms with Crippen molar-refractivity contribution in [2.75, 3.05) is 26.4 Å². The normalized spacial score (nSPS) is 21.5. The maximum atomic E-state index is 5.55. The second-order valence-corrected chi connectivity index (χ2v) is 4.74. The molecule has 19 heavy (non-hydrogen) atoms. The molecular weight excluding hydrogens is 246 g/mol. The van der Waals surface area contributed by atoms with Gasteiger partial charge < -0.3 is 19.3 Å². The van der Waals surface area contributed by atoms with Gasteiger partial charge in [-0.3, -0.25) is 0 Å². The molecule has 2 rings (SSSR count). The molecule has 0 aromatic carbocycles. The standard InChI is InChI=1S/C13H23N3O3/c1-3-5-14-10(4-2)8-12-15-13(16-19-12)11-9-17-6-7-18-11/h10-11,14H,3-9H2,1-2H3. The van der Waals surface area contributed by atoms with Gasteiger partial charge in [-0.1, -0.05) is 19.0 Å². The summed E-state index contributed by atoms with van der Waals surface area (Å²) in [5.41, 5.74) is 0. The number of rotatable bonds is 7. The first-order valence-electron chi connectivity index (χ1n) is 7.08. The van der Waals surface area contributed by atoms with Crippen LogP contribution in [0.3, 0.4) is 0 Å². The van der Waals surface area contributed by atoms with Crippen molar-refractivity contribution in [3.05, 3.63) is 11.7 Å². The molecule has 0 saturated carbocycles. The van der Waals surface area contributed by atoms with Crippen LogP contribution in [0.5, 0.6) is 0 Å². The summed E-state index contributed by atoms with van der Waals surface area (Å²) in [5, 5.41) is 7.46. The highest BCUT2D eigenvalue weighted by molar-refractivity contribution is 4.94. The van der Waals surface area contributed by atoms with Gasteiger partial charge >= 0.3 is 0 Å². The van der Waals surface area contributed by atoms with Gasteiger partial charge in [0, 0.05) is 12.5 Å². The van der Waals surface area contributed by atoms with E-state index in [1.165, 1.54) is 0 Å². The summed E-state index contributed by atoms with van der Waals surface area (Å²) >= 11 is 0. The Morgan fingerprint density at radius 3 is 2.95 bits per heavy atom. The molecule has 1 aliphatic heterocycles. The maximum absolute atomic E-state index is 5.55. The van der Waals surface area contributed by atoms with E-state index in [9.17, 15) is 0 Å². The zero-order chi connectivity index (χ0) is 13.5. The highest BCUT2D eigenvalue weighted by atomic mass is 16.6. The van der Waals surface area contributed by atoms with E-state index >= 15 is 0 Å². The molecule has 6 heteroatoms. The van der Waals surface area contributed by atoms with Crippen LogP contribution >= 0.6 is 0 Å². The first-order valence-corrected chi connectivity index (χ1v) is 7.08. The fourth-order valence-electron chi connectivity index (χ4n) is 2.04. The summed E-state index contributed by atoms with van der Waals surface area (Å²) in [6.45, 7) is 7.06. The lowest BCUT2D eigenvalue weighted by Crippen LogP contribution is -2.31. The van der Waals surface area contributed by atoms with E-state index < -0.39 is 0 Å².